The van der Waals surface area contributed by atoms with E-state index in [2.05, 4.69) is 20.2 Å². The van der Waals surface area contributed by atoms with Gasteiger partial charge in [-0.25, -0.2) is 4.79 Å². The molecule has 0 aromatic heterocycles. The van der Waals surface area contributed by atoms with E-state index in [-0.39, 0.29) is 6.61 Å². The number of primary amides is 1. The molecule has 5 nitrogen and oxygen atoms in total. The zero-order chi connectivity index (χ0) is 7.40. The Morgan fingerprint density at radius 2 is 2.70 bits per heavy atom. The molecule has 0 aromatic carbocycles. The fourth-order valence-corrected chi connectivity index (χ4v) is 0.496. The van der Waals surface area contributed by atoms with Crippen LogP contribution in [-0.4, -0.2) is 19.3 Å². The third-order valence-electron chi connectivity index (χ3n) is 0.902. The Hall–Kier alpha value is -1.23. The minimum absolute atomic E-state index is 0.0370. The van der Waals surface area contributed by atoms with Crippen LogP contribution in [0.25, 0.3) is 0 Å². The van der Waals surface area contributed by atoms with Gasteiger partial charge in [-0.3, -0.25) is 0 Å². The van der Waals surface area contributed by atoms with Gasteiger partial charge in [0.25, 0.3) is 0 Å². The number of hydrogen-bond acceptors (Lipinski definition) is 4. The lowest BCUT2D eigenvalue weighted by Gasteiger charge is -1.99. The summed E-state index contributed by atoms with van der Waals surface area (Å²) in [5.41, 5.74) is 4.69. The van der Waals surface area contributed by atoms with Crippen LogP contribution >= 0.6 is 0 Å². The molecule has 0 aromatic rings. The summed E-state index contributed by atoms with van der Waals surface area (Å²) in [7, 11) is 0. The van der Waals surface area contributed by atoms with Gasteiger partial charge in [0.05, 0.1) is 0 Å². The molecule has 0 aliphatic carbocycles. The van der Waals surface area contributed by atoms with Crippen molar-refractivity contribution in [3.8, 4) is 0 Å². The van der Waals surface area contributed by atoms with Crippen LogP contribution in [0, 0.1) is 0 Å². The van der Waals surface area contributed by atoms with Crippen molar-refractivity contribution >= 4 is 6.09 Å². The number of rotatable bonds is 2. The standard InChI is InChI=1S/C5H7NO4/c6-5(7)8-3-4-1-2-9-10-4/h1H,2-3H2,(H2,6,7). The molecule has 10 heavy (non-hydrogen) atoms. The van der Waals surface area contributed by atoms with Gasteiger partial charge in [0.2, 0.25) is 0 Å². The average molecular weight is 145 g/mol. The molecule has 5 heteroatoms. The zero-order valence-electron chi connectivity index (χ0n) is 5.20. The van der Waals surface area contributed by atoms with Crippen molar-refractivity contribution in [2.24, 2.45) is 5.73 Å². The van der Waals surface area contributed by atoms with Crippen molar-refractivity contribution in [1.29, 1.82) is 0 Å². The van der Waals surface area contributed by atoms with Gasteiger partial charge in [0, 0.05) is 0 Å². The van der Waals surface area contributed by atoms with Crippen LogP contribution in [0.5, 0.6) is 0 Å². The highest BCUT2D eigenvalue weighted by molar-refractivity contribution is 5.64. The first-order chi connectivity index (χ1) is 4.79. The molecule has 2 N–H and O–H groups in total. The van der Waals surface area contributed by atoms with Crippen molar-refractivity contribution in [1.82, 2.24) is 0 Å². The van der Waals surface area contributed by atoms with Crippen molar-refractivity contribution in [2.75, 3.05) is 13.2 Å². The van der Waals surface area contributed by atoms with E-state index in [9.17, 15) is 4.79 Å². The van der Waals surface area contributed by atoms with Gasteiger partial charge in [-0.05, 0) is 6.08 Å². The molecule has 0 radical (unpaired) electrons. The van der Waals surface area contributed by atoms with E-state index >= 15 is 0 Å². The van der Waals surface area contributed by atoms with Crippen molar-refractivity contribution in [3.05, 3.63) is 11.8 Å². The van der Waals surface area contributed by atoms with Crippen LogP contribution < -0.4 is 5.73 Å². The lowest BCUT2D eigenvalue weighted by Crippen LogP contribution is -2.14. The average Bonchev–Trinajstić information content (AvgIpc) is 2.34. The smallest absolute Gasteiger partial charge is 0.404 e. The minimum Gasteiger partial charge on any atom is -0.441 e. The summed E-state index contributed by atoms with van der Waals surface area (Å²) in [5.74, 6) is 0.471. The first-order valence-electron chi connectivity index (χ1n) is 2.70. The Morgan fingerprint density at radius 3 is 3.20 bits per heavy atom. The van der Waals surface area contributed by atoms with Gasteiger partial charge in [-0.1, -0.05) is 0 Å². The van der Waals surface area contributed by atoms with Gasteiger partial charge < -0.3 is 15.4 Å². The summed E-state index contributed by atoms with van der Waals surface area (Å²) in [4.78, 5) is 19.0. The monoisotopic (exact) mass is 145 g/mol. The summed E-state index contributed by atoms with van der Waals surface area (Å²) in [5, 5.41) is 0. The molecule has 0 saturated heterocycles. The second-order valence-corrected chi connectivity index (χ2v) is 1.65. The molecule has 1 aliphatic heterocycles. The van der Waals surface area contributed by atoms with E-state index in [0.29, 0.717) is 12.4 Å². The molecule has 0 saturated carbocycles. The maximum absolute atomic E-state index is 10.0. The summed E-state index contributed by atoms with van der Waals surface area (Å²) in [6, 6.07) is 0. The SMILES string of the molecule is NC(=O)OCC1=CCOO1. The maximum atomic E-state index is 10.0. The third kappa shape index (κ3) is 1.94. The summed E-state index contributed by atoms with van der Waals surface area (Å²) >= 11 is 0. The molecule has 56 valence electrons. The number of amides is 1. The van der Waals surface area contributed by atoms with E-state index in [1.807, 2.05) is 0 Å². The number of carbonyl (C=O) groups excluding carboxylic acids is 1. The second kappa shape index (κ2) is 3.07. The Bertz CT molecular complexity index is 165. The molecule has 0 spiro atoms. The lowest BCUT2D eigenvalue weighted by atomic mass is 10.5. The summed E-state index contributed by atoms with van der Waals surface area (Å²) < 4.78 is 4.39. The largest absolute Gasteiger partial charge is 0.441 e. The molecule has 1 amide bonds. The minimum atomic E-state index is -0.823. The van der Waals surface area contributed by atoms with Crippen LogP contribution in [0.15, 0.2) is 11.8 Å². The van der Waals surface area contributed by atoms with E-state index in [4.69, 9.17) is 0 Å². The number of ether oxygens (including phenoxy) is 1. The first-order valence-corrected chi connectivity index (χ1v) is 2.70. The molecule has 0 bridgehead atoms. The van der Waals surface area contributed by atoms with Crippen molar-refractivity contribution < 1.29 is 19.3 Å². The third-order valence-corrected chi connectivity index (χ3v) is 0.902. The van der Waals surface area contributed by atoms with Gasteiger partial charge in [-0.15, -0.1) is 0 Å². The van der Waals surface area contributed by atoms with Gasteiger partial charge in [0.1, 0.15) is 6.61 Å². The Morgan fingerprint density at radius 1 is 1.90 bits per heavy atom. The molecular weight excluding hydrogens is 138 g/mol. The normalized spacial score (nSPS) is 15.8. The molecule has 0 unspecified atom stereocenters. The lowest BCUT2D eigenvalue weighted by molar-refractivity contribution is -0.237. The molecule has 1 aliphatic rings. The number of hydrogen-bond donors (Lipinski definition) is 1. The van der Waals surface area contributed by atoms with E-state index in [1.54, 1.807) is 6.08 Å². The molecular formula is C5H7NO4. The van der Waals surface area contributed by atoms with E-state index < -0.39 is 6.09 Å². The topological polar surface area (TPSA) is 70.8 Å². The summed E-state index contributed by atoms with van der Waals surface area (Å²) in [6.45, 7) is 0.423. The Kier molecular flexibility index (Phi) is 2.11. The highest BCUT2D eigenvalue weighted by atomic mass is 17.2. The fraction of sp³-hybridized carbons (Fsp3) is 0.400. The van der Waals surface area contributed by atoms with E-state index in [0.717, 1.165) is 0 Å². The highest BCUT2D eigenvalue weighted by Gasteiger charge is 2.07. The first kappa shape index (κ1) is 6.88. The fourth-order valence-electron chi connectivity index (χ4n) is 0.496. The van der Waals surface area contributed by atoms with Crippen molar-refractivity contribution in [3.63, 3.8) is 0 Å². The maximum Gasteiger partial charge on any atom is 0.404 e. The predicted molar refractivity (Wildman–Crippen MR) is 30.7 cm³/mol. The van der Waals surface area contributed by atoms with Gasteiger partial charge in [0.15, 0.2) is 12.4 Å². The molecule has 1 rings (SSSR count). The predicted octanol–water partition coefficient (Wildman–Crippen LogP) is -0.0726. The van der Waals surface area contributed by atoms with Crippen LogP contribution in [0.2, 0.25) is 0 Å². The number of carbonyl (C=O) groups is 1. The Balaban J connectivity index is 2.19. The molecule has 1 heterocycles. The number of nitrogens with two attached hydrogens (primary N) is 1. The summed E-state index contributed by atoms with van der Waals surface area (Å²) in [6.07, 6.45) is 0.833. The zero-order valence-corrected chi connectivity index (χ0v) is 5.20. The van der Waals surface area contributed by atoms with E-state index in [1.165, 1.54) is 0 Å². The van der Waals surface area contributed by atoms with Crippen LogP contribution in [0.4, 0.5) is 4.79 Å². The quantitative estimate of drug-likeness (QED) is 0.552. The Labute approximate surface area is 57.3 Å². The highest BCUT2D eigenvalue weighted by Crippen LogP contribution is 2.05. The molecule has 0 atom stereocenters. The van der Waals surface area contributed by atoms with Gasteiger partial charge >= 0.3 is 6.09 Å². The van der Waals surface area contributed by atoms with Crippen molar-refractivity contribution in [2.45, 2.75) is 0 Å². The van der Waals surface area contributed by atoms with Crippen LogP contribution in [0.3, 0.4) is 0 Å². The van der Waals surface area contributed by atoms with Crippen LogP contribution in [0.1, 0.15) is 0 Å². The van der Waals surface area contributed by atoms with Crippen LogP contribution in [-0.2, 0) is 14.5 Å². The molecule has 0 fully saturated rings. The second-order valence-electron chi connectivity index (χ2n) is 1.65. The van der Waals surface area contributed by atoms with Gasteiger partial charge in [-0.2, -0.15) is 4.89 Å².